The van der Waals surface area contributed by atoms with E-state index in [1.165, 1.54) is 0 Å². The number of carbonyl (C=O) groups is 2. The van der Waals surface area contributed by atoms with Crippen LogP contribution in [-0.2, 0) is 4.79 Å². The predicted molar refractivity (Wildman–Crippen MR) is 92.5 cm³/mol. The molecule has 1 aliphatic carbocycles. The Kier molecular flexibility index (Phi) is 6.23. The molecular weight excluding hydrogens is 322 g/mol. The zero-order valence-corrected chi connectivity index (χ0v) is 14.4. The van der Waals surface area contributed by atoms with Gasteiger partial charge in [0.2, 0.25) is 0 Å². The van der Waals surface area contributed by atoms with Gasteiger partial charge in [-0.15, -0.1) is 0 Å². The number of carbonyl (C=O) groups excluding carboxylic acids is 1. The normalized spacial score (nSPS) is 19.8. The Bertz CT molecular complexity index is 673. The zero-order chi connectivity index (χ0) is 18.4. The molecule has 0 heterocycles. The van der Waals surface area contributed by atoms with E-state index < -0.39 is 5.97 Å². The summed E-state index contributed by atoms with van der Waals surface area (Å²) in [6.45, 7) is 3.76. The molecule has 0 saturated heterocycles. The molecule has 1 fully saturated rings. The standard InChI is InChI=1S/C18H23N3O4/c1-11(2)25-16-8-3-12(10-19)9-15(16)21-18(24)20-14-6-4-13(5-7-14)17(22)23/h3,8-9,11,13-14H,4-7H2,1-2H3,(H,22,23)(H2,20,21,24). The van der Waals surface area contributed by atoms with E-state index in [9.17, 15) is 9.59 Å². The summed E-state index contributed by atoms with van der Waals surface area (Å²) in [5.41, 5.74) is 0.859. The first-order valence-corrected chi connectivity index (χ1v) is 8.40. The molecule has 0 aromatic heterocycles. The van der Waals surface area contributed by atoms with Crippen molar-refractivity contribution in [3.05, 3.63) is 23.8 Å². The lowest BCUT2D eigenvalue weighted by Crippen LogP contribution is -2.41. The van der Waals surface area contributed by atoms with E-state index in [1.807, 2.05) is 19.9 Å². The molecule has 0 atom stereocenters. The molecule has 1 aromatic carbocycles. The average Bonchev–Trinajstić information content (AvgIpc) is 2.56. The van der Waals surface area contributed by atoms with E-state index in [0.717, 1.165) is 0 Å². The molecule has 0 aliphatic heterocycles. The molecule has 0 radical (unpaired) electrons. The van der Waals surface area contributed by atoms with Crippen molar-refractivity contribution >= 4 is 17.7 Å². The van der Waals surface area contributed by atoms with E-state index in [-0.39, 0.29) is 24.1 Å². The van der Waals surface area contributed by atoms with Gasteiger partial charge in [-0.25, -0.2) is 4.79 Å². The van der Waals surface area contributed by atoms with Gasteiger partial charge in [0.15, 0.2) is 0 Å². The van der Waals surface area contributed by atoms with Crippen molar-refractivity contribution < 1.29 is 19.4 Å². The van der Waals surface area contributed by atoms with Gasteiger partial charge in [-0.1, -0.05) is 0 Å². The molecule has 2 amide bonds. The molecule has 7 nitrogen and oxygen atoms in total. The van der Waals surface area contributed by atoms with E-state index >= 15 is 0 Å². The first kappa shape index (κ1) is 18.6. The van der Waals surface area contributed by atoms with Gasteiger partial charge >= 0.3 is 12.0 Å². The molecule has 7 heteroatoms. The number of urea groups is 1. The fourth-order valence-electron chi connectivity index (χ4n) is 2.88. The van der Waals surface area contributed by atoms with Crippen molar-refractivity contribution in [2.75, 3.05) is 5.32 Å². The highest BCUT2D eigenvalue weighted by Gasteiger charge is 2.26. The van der Waals surface area contributed by atoms with Crippen LogP contribution in [0, 0.1) is 17.2 Å². The summed E-state index contributed by atoms with van der Waals surface area (Å²) in [5.74, 6) is -0.593. The van der Waals surface area contributed by atoms with Crippen molar-refractivity contribution in [1.29, 1.82) is 5.26 Å². The Morgan fingerprint density at radius 1 is 1.28 bits per heavy atom. The third-order valence-electron chi connectivity index (χ3n) is 4.13. The molecular formula is C18H23N3O4. The molecule has 0 bridgehead atoms. The van der Waals surface area contributed by atoms with E-state index in [0.29, 0.717) is 42.7 Å². The number of hydrogen-bond donors (Lipinski definition) is 3. The first-order chi connectivity index (χ1) is 11.9. The smallest absolute Gasteiger partial charge is 0.319 e. The van der Waals surface area contributed by atoms with Gasteiger partial charge in [-0.3, -0.25) is 4.79 Å². The maximum atomic E-state index is 12.3. The minimum absolute atomic E-state index is 0.0517. The Labute approximate surface area is 147 Å². The number of ether oxygens (including phenoxy) is 1. The van der Waals surface area contributed by atoms with Gasteiger partial charge in [0.1, 0.15) is 5.75 Å². The van der Waals surface area contributed by atoms with E-state index in [4.69, 9.17) is 15.1 Å². The Morgan fingerprint density at radius 3 is 2.52 bits per heavy atom. The number of carboxylic acid groups (broad SMARTS) is 1. The molecule has 0 spiro atoms. The number of nitrogens with zero attached hydrogens (tertiary/aromatic N) is 1. The van der Waals surface area contributed by atoms with Crippen LogP contribution >= 0.6 is 0 Å². The topological polar surface area (TPSA) is 111 Å². The highest BCUT2D eigenvalue weighted by atomic mass is 16.5. The van der Waals surface area contributed by atoms with Crippen LogP contribution in [0.2, 0.25) is 0 Å². The third-order valence-corrected chi connectivity index (χ3v) is 4.13. The monoisotopic (exact) mass is 345 g/mol. The predicted octanol–water partition coefficient (Wildman–Crippen LogP) is 3.11. The zero-order valence-electron chi connectivity index (χ0n) is 14.4. The summed E-state index contributed by atoms with van der Waals surface area (Å²) in [4.78, 5) is 23.2. The molecule has 1 aromatic rings. The second kappa shape index (κ2) is 8.38. The second-order valence-corrected chi connectivity index (χ2v) is 6.47. The van der Waals surface area contributed by atoms with Gasteiger partial charge in [0.25, 0.3) is 0 Å². The quantitative estimate of drug-likeness (QED) is 0.759. The number of anilines is 1. The maximum absolute atomic E-state index is 12.3. The fraction of sp³-hybridized carbons (Fsp3) is 0.500. The number of nitriles is 1. The second-order valence-electron chi connectivity index (χ2n) is 6.47. The number of hydrogen-bond acceptors (Lipinski definition) is 4. The maximum Gasteiger partial charge on any atom is 0.319 e. The number of amides is 2. The lowest BCUT2D eigenvalue weighted by atomic mass is 9.86. The Balaban J connectivity index is 1.98. The molecule has 1 saturated carbocycles. The minimum atomic E-state index is -0.772. The summed E-state index contributed by atoms with van der Waals surface area (Å²) < 4.78 is 5.66. The highest BCUT2D eigenvalue weighted by Crippen LogP contribution is 2.27. The molecule has 134 valence electrons. The van der Waals surface area contributed by atoms with Crippen molar-refractivity contribution in [3.63, 3.8) is 0 Å². The van der Waals surface area contributed by atoms with Gasteiger partial charge in [-0.05, 0) is 57.7 Å². The van der Waals surface area contributed by atoms with Crippen LogP contribution in [0.5, 0.6) is 5.75 Å². The summed E-state index contributed by atoms with van der Waals surface area (Å²) >= 11 is 0. The summed E-state index contributed by atoms with van der Waals surface area (Å²) in [5, 5.41) is 23.6. The van der Waals surface area contributed by atoms with E-state index in [2.05, 4.69) is 10.6 Å². The van der Waals surface area contributed by atoms with Crippen LogP contribution in [0.25, 0.3) is 0 Å². The van der Waals surface area contributed by atoms with Gasteiger partial charge < -0.3 is 20.5 Å². The molecule has 2 rings (SSSR count). The number of aliphatic carboxylic acids is 1. The third kappa shape index (κ3) is 5.38. The molecule has 3 N–H and O–H groups in total. The van der Waals surface area contributed by atoms with Crippen LogP contribution in [-0.4, -0.2) is 29.3 Å². The van der Waals surface area contributed by atoms with Crippen LogP contribution in [0.4, 0.5) is 10.5 Å². The largest absolute Gasteiger partial charge is 0.489 e. The highest BCUT2D eigenvalue weighted by molar-refractivity contribution is 5.91. The number of nitrogens with one attached hydrogen (secondary N) is 2. The average molecular weight is 345 g/mol. The fourth-order valence-corrected chi connectivity index (χ4v) is 2.88. The Morgan fingerprint density at radius 2 is 1.96 bits per heavy atom. The van der Waals surface area contributed by atoms with Crippen LogP contribution in [0.15, 0.2) is 18.2 Å². The lowest BCUT2D eigenvalue weighted by Gasteiger charge is -2.27. The van der Waals surface area contributed by atoms with Crippen LogP contribution in [0.1, 0.15) is 45.1 Å². The minimum Gasteiger partial charge on any atom is -0.489 e. The van der Waals surface area contributed by atoms with Gasteiger partial charge in [0, 0.05) is 6.04 Å². The van der Waals surface area contributed by atoms with Crippen LogP contribution < -0.4 is 15.4 Å². The first-order valence-electron chi connectivity index (χ1n) is 8.40. The SMILES string of the molecule is CC(C)Oc1ccc(C#N)cc1NC(=O)NC1CCC(C(=O)O)CC1. The molecule has 1 aliphatic rings. The summed E-state index contributed by atoms with van der Waals surface area (Å²) in [7, 11) is 0. The van der Waals surface area contributed by atoms with Crippen molar-refractivity contribution in [2.24, 2.45) is 5.92 Å². The van der Waals surface area contributed by atoms with Gasteiger partial charge in [0.05, 0.1) is 29.3 Å². The number of benzene rings is 1. The summed E-state index contributed by atoms with van der Waals surface area (Å²) in [6, 6.07) is 6.46. The number of carboxylic acids is 1. The van der Waals surface area contributed by atoms with Crippen molar-refractivity contribution in [2.45, 2.75) is 51.7 Å². The van der Waals surface area contributed by atoms with Crippen molar-refractivity contribution in [3.8, 4) is 11.8 Å². The van der Waals surface area contributed by atoms with Crippen LogP contribution in [0.3, 0.4) is 0 Å². The lowest BCUT2D eigenvalue weighted by molar-refractivity contribution is -0.142. The van der Waals surface area contributed by atoms with E-state index in [1.54, 1.807) is 18.2 Å². The van der Waals surface area contributed by atoms with Crippen molar-refractivity contribution in [1.82, 2.24) is 5.32 Å². The Hall–Kier alpha value is -2.75. The summed E-state index contributed by atoms with van der Waals surface area (Å²) in [6.07, 6.45) is 2.33. The van der Waals surface area contributed by atoms with Gasteiger partial charge in [-0.2, -0.15) is 5.26 Å². The number of rotatable bonds is 5. The molecule has 0 unspecified atom stereocenters. The molecule has 25 heavy (non-hydrogen) atoms.